The van der Waals surface area contributed by atoms with Gasteiger partial charge in [0, 0.05) is 0 Å². The van der Waals surface area contributed by atoms with E-state index >= 15 is 0 Å². The van der Waals surface area contributed by atoms with Crippen LogP contribution in [0.5, 0.6) is 0 Å². The van der Waals surface area contributed by atoms with Gasteiger partial charge < -0.3 is 4.79 Å². The highest BCUT2D eigenvalue weighted by molar-refractivity contribution is 5.55. The van der Waals surface area contributed by atoms with Crippen molar-refractivity contribution in [2.75, 3.05) is 0 Å². The van der Waals surface area contributed by atoms with Gasteiger partial charge in [-0.15, -0.1) is 0 Å². The third kappa shape index (κ3) is 2.38. The molecule has 0 aliphatic carbocycles. The summed E-state index contributed by atoms with van der Waals surface area (Å²) in [6.07, 6.45) is 0.555. The maximum Gasteiger partial charge on any atom is 0.141 e. The minimum absolute atomic E-state index is 0.0201. The second-order valence-electron chi connectivity index (χ2n) is 2.27. The van der Waals surface area contributed by atoms with Gasteiger partial charge in [0.05, 0.1) is 12.0 Å². The number of rotatable bonds is 1. The lowest BCUT2D eigenvalue weighted by Crippen LogP contribution is -1.88. The van der Waals surface area contributed by atoms with Gasteiger partial charge in [-0.1, -0.05) is 17.9 Å². The van der Waals surface area contributed by atoms with E-state index in [1.54, 1.807) is 0 Å². The minimum Gasteiger partial charge on any atom is -0.302 e. The lowest BCUT2D eigenvalue weighted by molar-refractivity contribution is -0.107. The predicted molar refractivity (Wildman–Crippen MR) is 43.9 cm³/mol. The summed E-state index contributed by atoms with van der Waals surface area (Å²) < 4.78 is 25.7. The lowest BCUT2D eigenvalue weighted by atomic mass is 10.2. The number of halogens is 2. The molecule has 1 aromatic carbocycles. The van der Waals surface area contributed by atoms with E-state index in [4.69, 9.17) is 0 Å². The number of hydrogen-bond acceptors (Lipinski definition) is 1. The number of carbonyl (C=O) groups is 1. The van der Waals surface area contributed by atoms with E-state index in [2.05, 4.69) is 11.8 Å². The van der Waals surface area contributed by atoms with Gasteiger partial charge in [0.15, 0.2) is 0 Å². The summed E-state index contributed by atoms with van der Waals surface area (Å²) in [6, 6.07) is 3.50. The fourth-order valence-corrected chi connectivity index (χ4v) is 0.798. The van der Waals surface area contributed by atoms with E-state index in [1.807, 2.05) is 0 Å². The molecule has 0 spiro atoms. The molecule has 66 valence electrons. The summed E-state index contributed by atoms with van der Waals surface area (Å²) in [7, 11) is 0. The van der Waals surface area contributed by atoms with Crippen molar-refractivity contribution in [1.29, 1.82) is 0 Å². The highest BCUT2D eigenvalue weighted by Gasteiger charge is 2.03. The van der Waals surface area contributed by atoms with E-state index in [1.165, 1.54) is 6.07 Å². The Morgan fingerprint density at radius 2 is 1.92 bits per heavy atom. The maximum atomic E-state index is 12.8. The molecule has 1 rings (SSSR count). The molecule has 13 heavy (non-hydrogen) atoms. The molecule has 0 saturated heterocycles. The third-order valence-electron chi connectivity index (χ3n) is 1.36. The van der Waals surface area contributed by atoms with Gasteiger partial charge in [-0.2, -0.15) is 0 Å². The van der Waals surface area contributed by atoms with Crippen LogP contribution >= 0.6 is 0 Å². The first-order valence-corrected chi connectivity index (χ1v) is 3.62. The minimum atomic E-state index is -0.710. The van der Waals surface area contributed by atoms with Crippen LogP contribution in [0.4, 0.5) is 8.78 Å². The third-order valence-corrected chi connectivity index (χ3v) is 1.36. The Labute approximate surface area is 74.4 Å². The molecule has 1 aromatic rings. The molecule has 3 heteroatoms. The monoisotopic (exact) mass is 180 g/mol. The van der Waals surface area contributed by atoms with Crippen LogP contribution in [-0.4, -0.2) is 6.29 Å². The van der Waals surface area contributed by atoms with Gasteiger partial charge in [0.2, 0.25) is 0 Å². The normalized spacial score (nSPS) is 8.77. The quantitative estimate of drug-likeness (QED) is 0.476. The Hall–Kier alpha value is -1.69. The molecule has 0 aliphatic rings. The van der Waals surface area contributed by atoms with Gasteiger partial charge in [-0.25, -0.2) is 8.78 Å². The average molecular weight is 180 g/mol. The molecule has 0 amide bonds. The van der Waals surface area contributed by atoms with Crippen LogP contribution in [0, 0.1) is 23.5 Å². The van der Waals surface area contributed by atoms with Crippen LogP contribution in [-0.2, 0) is 4.79 Å². The molecular formula is C10H6F2O. The molecule has 0 unspecified atom stereocenters. The number of hydrogen-bond donors (Lipinski definition) is 0. The second kappa shape index (κ2) is 4.36. The summed E-state index contributed by atoms with van der Waals surface area (Å²) in [5, 5.41) is 0. The van der Waals surface area contributed by atoms with E-state index < -0.39 is 11.6 Å². The molecule has 0 bridgehead atoms. The SMILES string of the molecule is O=CCC#Cc1c(F)cccc1F. The Bertz CT molecular complexity index is 354. The lowest BCUT2D eigenvalue weighted by Gasteiger charge is -1.94. The highest BCUT2D eigenvalue weighted by atomic mass is 19.1. The standard InChI is InChI=1S/C10H6F2O/c11-9-5-3-6-10(12)8(9)4-1-2-7-13/h3,5-7H,2H2. The van der Waals surface area contributed by atoms with Crippen LogP contribution in [0.2, 0.25) is 0 Å². The summed E-state index contributed by atoms with van der Waals surface area (Å²) in [4.78, 5) is 9.87. The van der Waals surface area contributed by atoms with Crippen molar-refractivity contribution in [3.05, 3.63) is 35.4 Å². The predicted octanol–water partition coefficient (Wildman–Crippen LogP) is 1.91. The van der Waals surface area contributed by atoms with E-state index in [-0.39, 0.29) is 12.0 Å². The van der Waals surface area contributed by atoms with E-state index in [0.717, 1.165) is 12.1 Å². The van der Waals surface area contributed by atoms with E-state index in [9.17, 15) is 13.6 Å². The smallest absolute Gasteiger partial charge is 0.141 e. The molecule has 0 N–H and O–H groups in total. The van der Waals surface area contributed by atoms with Gasteiger partial charge in [0.25, 0.3) is 0 Å². The van der Waals surface area contributed by atoms with Crippen molar-refractivity contribution >= 4 is 6.29 Å². The molecule has 0 aromatic heterocycles. The van der Waals surface area contributed by atoms with Crippen LogP contribution in [0.15, 0.2) is 18.2 Å². The summed E-state index contributed by atoms with van der Waals surface area (Å²) >= 11 is 0. The van der Waals surface area contributed by atoms with Crippen molar-refractivity contribution in [2.45, 2.75) is 6.42 Å². The largest absolute Gasteiger partial charge is 0.302 e. The van der Waals surface area contributed by atoms with Crippen LogP contribution < -0.4 is 0 Å². The van der Waals surface area contributed by atoms with Crippen molar-refractivity contribution in [3.8, 4) is 11.8 Å². The fourth-order valence-electron chi connectivity index (χ4n) is 0.798. The Balaban J connectivity index is 3.01. The van der Waals surface area contributed by atoms with Crippen LogP contribution in [0.3, 0.4) is 0 Å². The molecule has 0 atom stereocenters. The first kappa shape index (κ1) is 9.40. The first-order chi connectivity index (χ1) is 6.25. The highest BCUT2D eigenvalue weighted by Crippen LogP contribution is 2.09. The second-order valence-corrected chi connectivity index (χ2v) is 2.27. The molecule has 0 heterocycles. The summed E-state index contributed by atoms with van der Waals surface area (Å²) in [6.45, 7) is 0. The zero-order valence-corrected chi connectivity index (χ0v) is 6.68. The molecule has 0 saturated carbocycles. The van der Waals surface area contributed by atoms with E-state index in [0.29, 0.717) is 6.29 Å². The molecule has 0 fully saturated rings. The molecule has 1 nitrogen and oxygen atoms in total. The van der Waals surface area contributed by atoms with Gasteiger partial charge >= 0.3 is 0 Å². The van der Waals surface area contributed by atoms with Gasteiger partial charge in [0.1, 0.15) is 17.9 Å². The van der Waals surface area contributed by atoms with Crippen molar-refractivity contribution in [3.63, 3.8) is 0 Å². The van der Waals surface area contributed by atoms with Crippen LogP contribution in [0.25, 0.3) is 0 Å². The average Bonchev–Trinajstić information content (AvgIpc) is 2.10. The van der Waals surface area contributed by atoms with Crippen molar-refractivity contribution < 1.29 is 13.6 Å². The number of benzene rings is 1. The van der Waals surface area contributed by atoms with Crippen LogP contribution in [0.1, 0.15) is 12.0 Å². The fraction of sp³-hybridized carbons (Fsp3) is 0.100. The number of carbonyl (C=O) groups excluding carboxylic acids is 1. The van der Waals surface area contributed by atoms with Gasteiger partial charge in [-0.05, 0) is 12.1 Å². The molecular weight excluding hydrogens is 174 g/mol. The molecule has 0 aliphatic heterocycles. The molecule has 0 radical (unpaired) electrons. The van der Waals surface area contributed by atoms with Crippen molar-refractivity contribution in [2.24, 2.45) is 0 Å². The summed E-state index contributed by atoms with van der Waals surface area (Å²) in [5.74, 6) is 3.17. The Morgan fingerprint density at radius 3 is 2.46 bits per heavy atom. The van der Waals surface area contributed by atoms with Crippen molar-refractivity contribution in [1.82, 2.24) is 0 Å². The van der Waals surface area contributed by atoms with Gasteiger partial charge in [-0.3, -0.25) is 0 Å². The maximum absolute atomic E-state index is 12.8. The number of aldehydes is 1. The summed E-state index contributed by atoms with van der Waals surface area (Å²) in [5.41, 5.74) is -0.288. The Morgan fingerprint density at radius 1 is 1.31 bits per heavy atom. The topological polar surface area (TPSA) is 17.1 Å². The Kier molecular flexibility index (Phi) is 3.15. The zero-order valence-electron chi connectivity index (χ0n) is 6.68. The first-order valence-electron chi connectivity index (χ1n) is 3.62. The zero-order chi connectivity index (χ0) is 9.68.